The molecule has 2 aliphatic rings. The van der Waals surface area contributed by atoms with Crippen LogP contribution >= 0.6 is 0 Å². The molecule has 1 unspecified atom stereocenters. The molecule has 2 rings (SSSR count). The Morgan fingerprint density at radius 3 is 2.75 bits per heavy atom. The molecule has 1 atom stereocenters. The van der Waals surface area contributed by atoms with Gasteiger partial charge in [0, 0.05) is 17.4 Å². The van der Waals surface area contributed by atoms with Crippen molar-refractivity contribution in [3.63, 3.8) is 0 Å². The first-order valence-electron chi connectivity index (χ1n) is 4.48. The van der Waals surface area contributed by atoms with Crippen LogP contribution in [0.4, 0.5) is 0 Å². The molecule has 0 aromatic carbocycles. The largest absolute Gasteiger partial charge is 0.342 e. The van der Waals surface area contributed by atoms with Crippen molar-refractivity contribution in [3.05, 3.63) is 36.2 Å². The highest BCUT2D eigenvalue weighted by atomic mass is 15.2. The molecule has 12 heavy (non-hydrogen) atoms. The maximum Gasteiger partial charge on any atom is 0.0450 e. The summed E-state index contributed by atoms with van der Waals surface area (Å²) in [4.78, 5) is 2.34. The van der Waals surface area contributed by atoms with Gasteiger partial charge in [0.1, 0.15) is 0 Å². The highest BCUT2D eigenvalue weighted by Crippen LogP contribution is 2.38. The summed E-state index contributed by atoms with van der Waals surface area (Å²) in [5.41, 5.74) is 1.59. The summed E-state index contributed by atoms with van der Waals surface area (Å²) >= 11 is 0. The summed E-state index contributed by atoms with van der Waals surface area (Å²) in [7, 11) is 0. The van der Waals surface area contributed by atoms with Gasteiger partial charge in [0.15, 0.2) is 0 Å². The fourth-order valence-corrected chi connectivity index (χ4v) is 1.80. The molecule has 1 heteroatoms. The minimum Gasteiger partial charge on any atom is -0.342 e. The molecule has 2 heterocycles. The second kappa shape index (κ2) is 2.25. The Balaban J connectivity index is 2.40. The van der Waals surface area contributed by atoms with E-state index in [1.54, 1.807) is 0 Å². The number of allylic oxidation sites excluding steroid dienone is 3. The van der Waals surface area contributed by atoms with Gasteiger partial charge in [0.2, 0.25) is 0 Å². The van der Waals surface area contributed by atoms with E-state index in [0.717, 1.165) is 0 Å². The predicted octanol–water partition coefficient (Wildman–Crippen LogP) is 2.68. The molecule has 0 aromatic heterocycles. The Hall–Kier alpha value is -0.980. The van der Waals surface area contributed by atoms with E-state index < -0.39 is 0 Å². The molecule has 0 aromatic rings. The summed E-state index contributed by atoms with van der Waals surface area (Å²) in [5.74, 6) is 0.625. The van der Waals surface area contributed by atoms with E-state index >= 15 is 0 Å². The fourth-order valence-electron chi connectivity index (χ4n) is 1.80. The van der Waals surface area contributed by atoms with Crippen LogP contribution in [0.25, 0.3) is 0 Å². The van der Waals surface area contributed by atoms with Gasteiger partial charge in [-0.3, -0.25) is 0 Å². The molecule has 64 valence electrons. The van der Waals surface area contributed by atoms with Crippen LogP contribution < -0.4 is 0 Å². The average Bonchev–Trinajstić information content (AvgIpc) is 2.25. The predicted molar refractivity (Wildman–Crippen MR) is 51.4 cm³/mol. The molecule has 0 aliphatic carbocycles. The van der Waals surface area contributed by atoms with E-state index in [9.17, 15) is 0 Å². The van der Waals surface area contributed by atoms with Gasteiger partial charge in [-0.25, -0.2) is 0 Å². The van der Waals surface area contributed by atoms with Gasteiger partial charge in [-0.2, -0.15) is 0 Å². The van der Waals surface area contributed by atoms with E-state index in [1.807, 2.05) is 0 Å². The van der Waals surface area contributed by atoms with Crippen LogP contribution in [0, 0.1) is 5.92 Å². The minimum absolute atomic E-state index is 0.247. The summed E-state index contributed by atoms with van der Waals surface area (Å²) < 4.78 is 0. The molecule has 0 saturated heterocycles. The molecular formula is C11H15N. The maximum absolute atomic E-state index is 2.34. The minimum atomic E-state index is 0.247. The van der Waals surface area contributed by atoms with Gasteiger partial charge in [0.25, 0.3) is 0 Å². The maximum atomic E-state index is 2.34. The second-order valence-electron chi connectivity index (χ2n) is 4.10. The Morgan fingerprint density at radius 2 is 2.08 bits per heavy atom. The summed E-state index contributed by atoms with van der Waals surface area (Å²) in [5, 5.41) is 0. The van der Waals surface area contributed by atoms with Gasteiger partial charge in [0.05, 0.1) is 0 Å². The molecule has 0 fully saturated rings. The summed E-state index contributed by atoms with van der Waals surface area (Å²) in [6.45, 7) is 6.84. The van der Waals surface area contributed by atoms with Crippen molar-refractivity contribution < 1.29 is 0 Å². The zero-order chi connectivity index (χ0) is 8.77. The highest BCUT2D eigenvalue weighted by Gasteiger charge is 2.36. The van der Waals surface area contributed by atoms with Gasteiger partial charge in [-0.1, -0.05) is 19.1 Å². The third kappa shape index (κ3) is 0.857. The van der Waals surface area contributed by atoms with Gasteiger partial charge in [-0.15, -0.1) is 0 Å². The first-order valence-corrected chi connectivity index (χ1v) is 4.48. The number of hydrogen-bond acceptors (Lipinski definition) is 1. The van der Waals surface area contributed by atoms with Crippen LogP contribution in [0.2, 0.25) is 0 Å². The smallest absolute Gasteiger partial charge is 0.0450 e. The second-order valence-corrected chi connectivity index (χ2v) is 4.10. The fraction of sp³-hybridized carbons (Fsp3) is 0.455. The van der Waals surface area contributed by atoms with Crippen LogP contribution in [0.3, 0.4) is 0 Å². The number of hydrogen-bond donors (Lipinski definition) is 0. The standard InChI is InChI=1S/C11H15N/c1-9-8-10-6-4-5-7-12(10)11(9,2)3/h4-9H,1-3H3. The summed E-state index contributed by atoms with van der Waals surface area (Å²) in [6.07, 6.45) is 10.9. The van der Waals surface area contributed by atoms with Crippen LogP contribution in [0.15, 0.2) is 36.2 Å². The van der Waals surface area contributed by atoms with Crippen molar-refractivity contribution in [2.45, 2.75) is 26.3 Å². The molecule has 1 nitrogen and oxygen atoms in total. The van der Waals surface area contributed by atoms with Crippen LogP contribution in [0.1, 0.15) is 20.8 Å². The van der Waals surface area contributed by atoms with Gasteiger partial charge >= 0.3 is 0 Å². The van der Waals surface area contributed by atoms with E-state index in [2.05, 4.69) is 56.2 Å². The molecule has 0 saturated carbocycles. The highest BCUT2D eigenvalue weighted by molar-refractivity contribution is 5.35. The molecule has 2 aliphatic heterocycles. The zero-order valence-corrected chi connectivity index (χ0v) is 7.91. The molecule has 0 bridgehead atoms. The Morgan fingerprint density at radius 1 is 1.33 bits per heavy atom. The van der Waals surface area contributed by atoms with Gasteiger partial charge < -0.3 is 4.90 Å². The number of fused-ring (bicyclic) bond motifs is 1. The van der Waals surface area contributed by atoms with E-state index in [4.69, 9.17) is 0 Å². The molecule has 0 N–H and O–H groups in total. The Labute approximate surface area is 74.1 Å². The monoisotopic (exact) mass is 161 g/mol. The van der Waals surface area contributed by atoms with Crippen molar-refractivity contribution >= 4 is 0 Å². The normalized spacial score (nSPS) is 30.4. The lowest BCUT2D eigenvalue weighted by Gasteiger charge is -2.36. The molecule has 0 amide bonds. The first kappa shape index (κ1) is 7.66. The lowest BCUT2D eigenvalue weighted by atomic mass is 9.91. The van der Waals surface area contributed by atoms with Crippen molar-refractivity contribution in [3.8, 4) is 0 Å². The molecule has 0 spiro atoms. The third-order valence-electron chi connectivity index (χ3n) is 3.05. The first-order chi connectivity index (χ1) is 5.62. The summed E-state index contributed by atoms with van der Waals surface area (Å²) in [6, 6.07) is 0. The van der Waals surface area contributed by atoms with Crippen molar-refractivity contribution in [2.75, 3.05) is 0 Å². The molecular weight excluding hydrogens is 146 g/mol. The molecule has 0 radical (unpaired) electrons. The quantitative estimate of drug-likeness (QED) is 0.528. The van der Waals surface area contributed by atoms with Crippen molar-refractivity contribution in [1.82, 2.24) is 4.90 Å². The average molecular weight is 161 g/mol. The van der Waals surface area contributed by atoms with Crippen LogP contribution in [0.5, 0.6) is 0 Å². The number of rotatable bonds is 0. The zero-order valence-electron chi connectivity index (χ0n) is 7.91. The topological polar surface area (TPSA) is 3.24 Å². The van der Waals surface area contributed by atoms with Crippen LogP contribution in [-0.2, 0) is 0 Å². The SMILES string of the molecule is CC1C=C2C=CC=CN2C1(C)C. The van der Waals surface area contributed by atoms with Crippen molar-refractivity contribution in [2.24, 2.45) is 5.92 Å². The Bertz CT molecular complexity index is 281. The van der Waals surface area contributed by atoms with Crippen LogP contribution in [-0.4, -0.2) is 10.4 Å². The van der Waals surface area contributed by atoms with E-state index in [-0.39, 0.29) is 5.54 Å². The lowest BCUT2D eigenvalue weighted by molar-refractivity contribution is 0.218. The Kier molecular flexibility index (Phi) is 1.44. The van der Waals surface area contributed by atoms with E-state index in [1.165, 1.54) is 5.70 Å². The lowest BCUT2D eigenvalue weighted by Crippen LogP contribution is -2.39. The number of nitrogens with zero attached hydrogens (tertiary/aromatic N) is 1. The van der Waals surface area contributed by atoms with Gasteiger partial charge in [-0.05, 0) is 31.9 Å². The van der Waals surface area contributed by atoms with E-state index in [0.29, 0.717) is 5.92 Å². The van der Waals surface area contributed by atoms with Crippen molar-refractivity contribution in [1.29, 1.82) is 0 Å². The third-order valence-corrected chi connectivity index (χ3v) is 3.05.